The topological polar surface area (TPSA) is 12.5 Å². The fourth-order valence-electron chi connectivity index (χ4n) is 17.5. The molecule has 4 nitrogen and oxygen atoms in total. The monoisotopic (exact) mass is 1240 g/mol. The highest BCUT2D eigenvalue weighted by atomic mass is 15.2. The van der Waals surface area contributed by atoms with Crippen molar-refractivity contribution in [3.63, 3.8) is 0 Å². The van der Waals surface area contributed by atoms with Crippen LogP contribution in [-0.2, 0) is 60.4 Å². The van der Waals surface area contributed by atoms with Crippen molar-refractivity contribution in [3.8, 4) is 0 Å². The molecule has 0 saturated heterocycles. The fraction of sp³-hybridized carbons (Fsp3) is 0.174. The van der Waals surface area contributed by atoms with Crippen molar-refractivity contribution in [2.45, 2.75) is 88.1 Å². The summed E-state index contributed by atoms with van der Waals surface area (Å²) in [7, 11) is 4.56. The van der Waals surface area contributed by atoms with Crippen molar-refractivity contribution >= 4 is 66.5 Å². The van der Waals surface area contributed by atoms with Gasteiger partial charge in [-0.25, -0.2) is 0 Å². The first kappa shape index (κ1) is 60.3. The summed E-state index contributed by atoms with van der Waals surface area (Å²) in [6.45, 7) is 11.2. The van der Waals surface area contributed by atoms with Crippen molar-refractivity contribution in [2.75, 3.05) is 23.9 Å². The molecule has 0 spiro atoms. The summed E-state index contributed by atoms with van der Waals surface area (Å²) in [5, 5.41) is 7.70. The minimum absolute atomic E-state index is 0.296. The predicted molar refractivity (Wildman–Crippen MR) is 403 cm³/mol. The molecule has 0 radical (unpaired) electrons. The van der Waals surface area contributed by atoms with Crippen molar-refractivity contribution in [2.24, 2.45) is 0 Å². The molecule has 4 aliphatic rings. The second-order valence-corrected chi connectivity index (χ2v) is 28.3. The summed E-state index contributed by atoms with van der Waals surface area (Å²) in [4.78, 5) is 4.97. The standard InChI is InChI=1S/C92H82N4/c1-89(2)82(45-27-47-84-91(59-65-29-11-7-12-30-65,60-66-31-13-8-14-32-66)77-43-25-26-44-79(77)93(84)5)95(80-57-54-71-37-19-22-40-74(71)86(80)89)63-69-49-51-70(52-50-69)64-96-81-58-55-72-38-20-23-41-75(72)87(81)90(3,4)83(96)46-28-48-85-92(61-67-33-15-9-16-34-67,62-68-35-17-10-18-36-68)78-56-53-73-39-21-24-42-76(73)88(78)94(85)6/h7-58H,59-64H2,1-6H3/q+2. The lowest BCUT2D eigenvalue weighted by atomic mass is 9.70. The lowest BCUT2D eigenvalue weighted by Gasteiger charge is -2.33. The van der Waals surface area contributed by atoms with Gasteiger partial charge in [0.2, 0.25) is 11.4 Å². The quantitative estimate of drug-likeness (QED) is 0.0894. The van der Waals surface area contributed by atoms with Gasteiger partial charge in [-0.3, -0.25) is 0 Å². The molecule has 0 fully saturated rings. The van der Waals surface area contributed by atoms with Gasteiger partial charge in [-0.2, -0.15) is 9.15 Å². The number of likely N-dealkylation sites (N-methyl/N-ethyl adjacent to an activating group) is 2. The van der Waals surface area contributed by atoms with Gasteiger partial charge < -0.3 is 9.80 Å². The number of fused-ring (bicyclic) bond motifs is 10. The number of anilines is 2. The van der Waals surface area contributed by atoms with Crippen molar-refractivity contribution in [1.82, 2.24) is 0 Å². The largest absolute Gasteiger partial charge is 0.347 e. The number of hydrogen-bond donors (Lipinski definition) is 0. The van der Waals surface area contributed by atoms with E-state index in [4.69, 9.17) is 0 Å². The van der Waals surface area contributed by atoms with Crippen LogP contribution in [0.5, 0.6) is 0 Å². The van der Waals surface area contributed by atoms with Crippen LogP contribution in [0, 0.1) is 0 Å². The second-order valence-electron chi connectivity index (χ2n) is 28.3. The zero-order chi connectivity index (χ0) is 65.2. The molecule has 0 saturated carbocycles. The van der Waals surface area contributed by atoms with Crippen LogP contribution in [0.3, 0.4) is 0 Å². The van der Waals surface area contributed by atoms with Gasteiger partial charge in [0, 0.05) is 93.9 Å². The summed E-state index contributed by atoms with van der Waals surface area (Å²) >= 11 is 0. The van der Waals surface area contributed by atoms with E-state index in [0.29, 0.717) is 0 Å². The van der Waals surface area contributed by atoms with Gasteiger partial charge in [0.05, 0.1) is 16.5 Å². The van der Waals surface area contributed by atoms with Crippen LogP contribution in [0.4, 0.5) is 22.7 Å². The molecule has 0 N–H and O–H groups in total. The van der Waals surface area contributed by atoms with E-state index in [1.807, 2.05) is 0 Å². The van der Waals surface area contributed by atoms with Crippen LogP contribution in [0.25, 0.3) is 32.3 Å². The molecule has 0 aromatic heterocycles. The molecule has 4 heterocycles. The van der Waals surface area contributed by atoms with Crippen LogP contribution in [0.15, 0.2) is 327 Å². The zero-order valence-electron chi connectivity index (χ0n) is 56.1. The van der Waals surface area contributed by atoms with Crippen molar-refractivity contribution < 1.29 is 9.15 Å². The SMILES string of the molecule is CN1C(=CC=CC2=[N+](Cc3ccc(C[N+]4=C(C=CC=C5N(C)c6c(ccc7ccccc67)C5(Cc5ccccc5)Cc5ccccc5)C(C)(C)c5c4ccc4ccccc54)cc3)c3ccc4ccccc4c3C2(C)C)C(Cc2ccccc2)(Cc2ccccc2)c2ccccc21. The molecule has 12 aromatic rings. The number of allylic oxidation sites excluding steroid dienone is 8. The fourth-order valence-corrected chi connectivity index (χ4v) is 17.5. The summed E-state index contributed by atoms with van der Waals surface area (Å²) in [5.41, 5.74) is 22.4. The molecule has 468 valence electrons. The van der Waals surface area contributed by atoms with E-state index < -0.39 is 0 Å². The first-order valence-electron chi connectivity index (χ1n) is 34.3. The van der Waals surface area contributed by atoms with Crippen molar-refractivity contribution in [3.05, 3.63) is 383 Å². The minimum atomic E-state index is -0.345. The van der Waals surface area contributed by atoms with Gasteiger partial charge in [0.1, 0.15) is 0 Å². The lowest BCUT2D eigenvalue weighted by Crippen LogP contribution is -2.34. The number of nitrogens with zero attached hydrogens (tertiary/aromatic N) is 4. The number of benzene rings is 12. The van der Waals surface area contributed by atoms with Gasteiger partial charge in [0.25, 0.3) is 0 Å². The zero-order valence-corrected chi connectivity index (χ0v) is 56.1. The Morgan fingerprint density at radius 2 is 0.677 bits per heavy atom. The normalized spacial score (nSPS) is 17.3. The summed E-state index contributed by atoms with van der Waals surface area (Å²) in [6, 6.07) is 104. The molecule has 0 unspecified atom stereocenters. The number of hydrogen-bond acceptors (Lipinski definition) is 2. The smallest absolute Gasteiger partial charge is 0.210 e. The van der Waals surface area contributed by atoms with Crippen LogP contribution < -0.4 is 9.80 Å². The van der Waals surface area contributed by atoms with Crippen molar-refractivity contribution in [1.29, 1.82) is 0 Å². The third kappa shape index (κ3) is 10.3. The molecular formula is C92H82N4+2. The molecule has 4 aliphatic heterocycles. The van der Waals surface area contributed by atoms with E-state index in [1.54, 1.807) is 0 Å². The van der Waals surface area contributed by atoms with E-state index in [9.17, 15) is 0 Å². The number of rotatable bonds is 16. The van der Waals surface area contributed by atoms with Crippen LogP contribution in [0.2, 0.25) is 0 Å². The number of para-hydroxylation sites is 1. The van der Waals surface area contributed by atoms with E-state index >= 15 is 0 Å². The van der Waals surface area contributed by atoms with Crippen LogP contribution >= 0.6 is 0 Å². The van der Waals surface area contributed by atoms with E-state index in [0.717, 1.165) is 38.8 Å². The Labute approximate surface area is 566 Å². The first-order valence-corrected chi connectivity index (χ1v) is 34.3. The lowest BCUT2D eigenvalue weighted by molar-refractivity contribution is -0.455. The Bertz CT molecular complexity index is 5100. The highest BCUT2D eigenvalue weighted by Crippen LogP contribution is 2.55. The van der Waals surface area contributed by atoms with Gasteiger partial charge in [0.15, 0.2) is 24.5 Å². The third-order valence-electron chi connectivity index (χ3n) is 21.9. The molecular weight excluding hydrogens is 1160 g/mol. The van der Waals surface area contributed by atoms with Gasteiger partial charge in [-0.05, 0) is 144 Å². The highest BCUT2D eigenvalue weighted by molar-refractivity contribution is 6.09. The molecule has 16 rings (SSSR count). The van der Waals surface area contributed by atoms with E-state index in [-0.39, 0.29) is 21.7 Å². The average Bonchev–Trinajstić information content (AvgIpc) is 1.58. The molecule has 96 heavy (non-hydrogen) atoms. The van der Waals surface area contributed by atoms with Crippen LogP contribution in [0.1, 0.15) is 83.3 Å². The molecule has 0 bridgehead atoms. The average molecular weight is 1240 g/mol. The maximum atomic E-state index is 2.61. The van der Waals surface area contributed by atoms with Gasteiger partial charge >= 0.3 is 0 Å². The Balaban J connectivity index is 0.783. The molecule has 0 aliphatic carbocycles. The summed E-state index contributed by atoms with van der Waals surface area (Å²) in [6.07, 6.45) is 18.0. The van der Waals surface area contributed by atoms with E-state index in [2.05, 4.69) is 376 Å². The first-order chi connectivity index (χ1) is 46.9. The molecule has 12 aromatic carbocycles. The molecule has 0 atom stereocenters. The minimum Gasteiger partial charge on any atom is -0.347 e. The maximum absolute atomic E-state index is 2.61. The Morgan fingerprint density at radius 1 is 0.323 bits per heavy atom. The summed E-state index contributed by atoms with van der Waals surface area (Å²) in [5.74, 6) is 0. The third-order valence-corrected chi connectivity index (χ3v) is 21.9. The Kier molecular flexibility index (Phi) is 15.2. The predicted octanol–water partition coefficient (Wildman–Crippen LogP) is 20.9. The second kappa shape index (κ2) is 24.3. The van der Waals surface area contributed by atoms with Gasteiger partial charge in [-0.1, -0.05) is 261 Å². The van der Waals surface area contributed by atoms with Crippen LogP contribution in [-0.4, -0.2) is 34.7 Å². The Morgan fingerprint density at radius 3 is 1.12 bits per heavy atom. The Hall–Kier alpha value is -10.7. The van der Waals surface area contributed by atoms with Gasteiger partial charge in [-0.15, -0.1) is 0 Å². The summed E-state index contributed by atoms with van der Waals surface area (Å²) < 4.78 is 5.21. The molecule has 4 heteroatoms. The molecule has 0 amide bonds. The highest BCUT2D eigenvalue weighted by Gasteiger charge is 2.50. The van der Waals surface area contributed by atoms with E-state index in [1.165, 1.54) is 134 Å². The maximum Gasteiger partial charge on any atom is 0.210 e.